The van der Waals surface area contributed by atoms with Gasteiger partial charge in [-0.25, -0.2) is 0 Å². The number of amides is 1. The molecular weight excluding hydrogens is 408 g/mol. The van der Waals surface area contributed by atoms with Crippen molar-refractivity contribution in [1.29, 1.82) is 0 Å². The van der Waals surface area contributed by atoms with Crippen LogP contribution in [-0.4, -0.2) is 52.1 Å². The Morgan fingerprint density at radius 3 is 2.38 bits per heavy atom. The number of piperidine rings is 2. The van der Waals surface area contributed by atoms with Gasteiger partial charge in [-0.2, -0.15) is 0 Å². The molecule has 4 rings (SSSR count). The number of hydrogen-bond acceptors (Lipinski definition) is 4. The van der Waals surface area contributed by atoms with Crippen molar-refractivity contribution in [2.75, 3.05) is 26.2 Å². The predicted molar refractivity (Wildman–Crippen MR) is 115 cm³/mol. The van der Waals surface area contributed by atoms with E-state index in [1.165, 1.54) is 32.4 Å². The van der Waals surface area contributed by atoms with Crippen molar-refractivity contribution in [3.8, 4) is 0 Å². The van der Waals surface area contributed by atoms with Gasteiger partial charge in [-0.15, -0.1) is 0 Å². The van der Waals surface area contributed by atoms with E-state index in [1.54, 1.807) is 36.4 Å². The van der Waals surface area contributed by atoms with Crippen LogP contribution in [0.5, 0.6) is 0 Å². The molecule has 2 aromatic rings. The van der Waals surface area contributed by atoms with Crippen molar-refractivity contribution in [1.82, 2.24) is 9.80 Å². The largest absolute Gasteiger partial charge is 0.455 e. The van der Waals surface area contributed by atoms with Gasteiger partial charge in [0.25, 0.3) is 5.91 Å². The lowest BCUT2D eigenvalue weighted by Crippen LogP contribution is -2.48. The van der Waals surface area contributed by atoms with Crippen LogP contribution in [0.2, 0.25) is 5.02 Å². The first-order valence-electron chi connectivity index (χ1n) is 10.4. The molecule has 1 atom stereocenters. The summed E-state index contributed by atoms with van der Waals surface area (Å²) >= 11 is 5.88. The summed E-state index contributed by atoms with van der Waals surface area (Å²) in [7, 11) is -1.24. The minimum Gasteiger partial charge on any atom is -0.455 e. The Hall–Kier alpha value is -1.63. The topological polar surface area (TPSA) is 53.8 Å². The lowest BCUT2D eigenvalue weighted by molar-refractivity contribution is 0.0561. The lowest BCUT2D eigenvalue weighted by Gasteiger charge is -2.40. The molecule has 7 heteroatoms. The predicted octanol–water partition coefficient (Wildman–Crippen LogP) is 4.33. The normalized spacial score (nSPS) is 20.0. The number of rotatable bonds is 5. The van der Waals surface area contributed by atoms with Gasteiger partial charge in [-0.05, 0) is 75.2 Å². The second-order valence-electron chi connectivity index (χ2n) is 7.83. The van der Waals surface area contributed by atoms with Crippen molar-refractivity contribution >= 4 is 28.3 Å². The summed E-state index contributed by atoms with van der Waals surface area (Å²) in [5, 5.41) is 0.612. The summed E-state index contributed by atoms with van der Waals surface area (Å²) in [6.07, 6.45) is 5.99. The highest BCUT2D eigenvalue weighted by Gasteiger charge is 2.29. The average molecular weight is 435 g/mol. The Labute approximate surface area is 179 Å². The number of furan rings is 1. The Bertz CT molecular complexity index is 853. The smallest absolute Gasteiger partial charge is 0.289 e. The molecule has 156 valence electrons. The molecule has 2 aliphatic heterocycles. The van der Waals surface area contributed by atoms with Gasteiger partial charge in [-0.3, -0.25) is 9.00 Å². The SMILES string of the molecule is O=C(c1ccc(CS(=O)c2ccc(Cl)cc2)o1)N1CCC(N2CCCCC2)CC1. The Balaban J connectivity index is 1.31. The molecule has 0 aliphatic carbocycles. The van der Waals surface area contributed by atoms with Crippen molar-refractivity contribution in [3.63, 3.8) is 0 Å². The molecule has 29 heavy (non-hydrogen) atoms. The molecule has 2 aliphatic rings. The zero-order chi connectivity index (χ0) is 20.2. The third-order valence-electron chi connectivity index (χ3n) is 5.88. The average Bonchev–Trinajstić information content (AvgIpc) is 3.23. The Kier molecular flexibility index (Phi) is 6.73. The summed E-state index contributed by atoms with van der Waals surface area (Å²) in [5.41, 5.74) is 0. The minimum absolute atomic E-state index is 0.0642. The van der Waals surface area contributed by atoms with Crippen LogP contribution in [0, 0.1) is 0 Å². The molecule has 1 aromatic heterocycles. The fraction of sp³-hybridized carbons (Fsp3) is 0.500. The second-order valence-corrected chi connectivity index (χ2v) is 9.72. The molecule has 0 N–H and O–H groups in total. The van der Waals surface area contributed by atoms with Crippen molar-refractivity contribution in [2.24, 2.45) is 0 Å². The van der Waals surface area contributed by atoms with E-state index < -0.39 is 10.8 Å². The first-order valence-corrected chi connectivity index (χ1v) is 12.1. The monoisotopic (exact) mass is 434 g/mol. The Morgan fingerprint density at radius 2 is 1.69 bits per heavy atom. The van der Waals surface area contributed by atoms with Crippen molar-refractivity contribution in [3.05, 3.63) is 52.9 Å². The minimum atomic E-state index is -1.24. The van der Waals surface area contributed by atoms with Crippen molar-refractivity contribution in [2.45, 2.75) is 48.8 Å². The standard InChI is InChI=1S/C22H27ClN2O3S/c23-17-4-7-20(8-5-17)29(27)16-19-6-9-21(28-19)22(26)25-14-10-18(11-15-25)24-12-2-1-3-13-24/h4-9,18H,1-3,10-16H2. The van der Waals surface area contributed by atoms with Crippen LogP contribution >= 0.6 is 11.6 Å². The van der Waals surface area contributed by atoms with Crippen LogP contribution < -0.4 is 0 Å². The number of benzene rings is 1. The maximum atomic E-state index is 12.8. The number of halogens is 1. The first-order chi connectivity index (χ1) is 14.1. The number of carbonyl (C=O) groups is 1. The maximum Gasteiger partial charge on any atom is 0.289 e. The van der Waals surface area contributed by atoms with E-state index >= 15 is 0 Å². The zero-order valence-electron chi connectivity index (χ0n) is 16.5. The van der Waals surface area contributed by atoms with Crippen LogP contribution in [0.1, 0.15) is 48.4 Å². The number of likely N-dealkylation sites (tertiary alicyclic amines) is 2. The third-order valence-corrected chi connectivity index (χ3v) is 7.48. The van der Waals surface area contributed by atoms with Gasteiger partial charge in [0.05, 0.1) is 16.6 Å². The van der Waals surface area contributed by atoms with Gasteiger partial charge in [0.1, 0.15) is 5.76 Å². The molecule has 2 fully saturated rings. The molecule has 1 unspecified atom stereocenters. The second kappa shape index (κ2) is 9.45. The van der Waals surface area contributed by atoms with E-state index in [-0.39, 0.29) is 11.7 Å². The third kappa shape index (κ3) is 5.11. The fourth-order valence-electron chi connectivity index (χ4n) is 4.24. The number of hydrogen-bond donors (Lipinski definition) is 0. The van der Waals surface area contributed by atoms with E-state index in [2.05, 4.69) is 4.90 Å². The highest BCUT2D eigenvalue weighted by atomic mass is 35.5. The molecule has 0 radical (unpaired) electrons. The number of nitrogens with zero attached hydrogens (tertiary/aromatic N) is 2. The molecule has 2 saturated heterocycles. The maximum absolute atomic E-state index is 12.8. The highest BCUT2D eigenvalue weighted by molar-refractivity contribution is 7.84. The van der Waals surface area contributed by atoms with Crippen LogP contribution in [0.25, 0.3) is 0 Å². The van der Waals surface area contributed by atoms with Gasteiger partial charge in [0.2, 0.25) is 0 Å². The van der Waals surface area contributed by atoms with Crippen LogP contribution in [0.15, 0.2) is 45.7 Å². The van der Waals surface area contributed by atoms with Gasteiger partial charge >= 0.3 is 0 Å². The summed E-state index contributed by atoms with van der Waals surface area (Å²) < 4.78 is 18.2. The van der Waals surface area contributed by atoms with Crippen LogP contribution in [0.4, 0.5) is 0 Å². The molecular formula is C22H27ClN2O3S. The zero-order valence-corrected chi connectivity index (χ0v) is 18.1. The molecule has 1 amide bonds. The van der Waals surface area contributed by atoms with E-state index in [1.807, 2.05) is 4.90 Å². The Morgan fingerprint density at radius 1 is 1.00 bits per heavy atom. The van der Waals surface area contributed by atoms with Crippen LogP contribution in [-0.2, 0) is 16.6 Å². The first kappa shape index (κ1) is 20.6. The molecule has 5 nitrogen and oxygen atoms in total. The van der Waals surface area contributed by atoms with Gasteiger partial charge in [0, 0.05) is 29.0 Å². The highest BCUT2D eigenvalue weighted by Crippen LogP contribution is 2.23. The molecule has 0 saturated carbocycles. The summed E-state index contributed by atoms with van der Waals surface area (Å²) in [6, 6.07) is 11.0. The van der Waals surface area contributed by atoms with Gasteiger partial charge in [-0.1, -0.05) is 18.0 Å². The molecule has 0 bridgehead atoms. The van der Waals surface area contributed by atoms with Gasteiger partial charge in [0.15, 0.2) is 5.76 Å². The summed E-state index contributed by atoms with van der Waals surface area (Å²) in [6.45, 7) is 3.94. The van der Waals surface area contributed by atoms with Crippen molar-refractivity contribution < 1.29 is 13.4 Å². The fourth-order valence-corrected chi connectivity index (χ4v) is 5.39. The van der Waals surface area contributed by atoms with E-state index in [4.69, 9.17) is 16.0 Å². The van der Waals surface area contributed by atoms with E-state index in [0.29, 0.717) is 27.5 Å². The van der Waals surface area contributed by atoms with E-state index in [0.717, 1.165) is 25.9 Å². The quantitative estimate of drug-likeness (QED) is 0.702. The summed E-state index contributed by atoms with van der Waals surface area (Å²) in [4.78, 5) is 18.0. The molecule has 3 heterocycles. The molecule has 0 spiro atoms. The van der Waals surface area contributed by atoms with E-state index in [9.17, 15) is 9.00 Å². The number of carbonyl (C=O) groups excluding carboxylic acids is 1. The van der Waals surface area contributed by atoms with Gasteiger partial charge < -0.3 is 14.2 Å². The molecule has 1 aromatic carbocycles. The lowest BCUT2D eigenvalue weighted by atomic mass is 10.00. The summed E-state index contributed by atoms with van der Waals surface area (Å²) in [5.74, 6) is 1.08. The van der Waals surface area contributed by atoms with Crippen LogP contribution in [0.3, 0.4) is 0 Å².